The topological polar surface area (TPSA) is 56.8 Å². The third-order valence-electron chi connectivity index (χ3n) is 3.86. The first-order valence-electron chi connectivity index (χ1n) is 7.31. The Balaban J connectivity index is 2.19. The second kappa shape index (κ2) is 7.09. The number of amides is 1. The van der Waals surface area contributed by atoms with Crippen molar-refractivity contribution in [2.45, 2.75) is 0 Å². The van der Waals surface area contributed by atoms with E-state index in [4.69, 9.17) is 14.2 Å². The van der Waals surface area contributed by atoms with Crippen LogP contribution in [-0.2, 0) is 4.79 Å². The summed E-state index contributed by atoms with van der Waals surface area (Å²) in [5.41, 5.74) is 2.82. The van der Waals surface area contributed by atoms with E-state index in [9.17, 15) is 4.79 Å². The molecule has 0 unspecified atom stereocenters. The van der Waals surface area contributed by atoms with E-state index in [2.05, 4.69) is 37.2 Å². The Morgan fingerprint density at radius 2 is 1.72 bits per heavy atom. The van der Waals surface area contributed by atoms with E-state index in [1.807, 2.05) is 18.2 Å². The van der Waals surface area contributed by atoms with Crippen LogP contribution in [0.3, 0.4) is 0 Å². The SMILES string of the molecule is COc1ccc(C=C2C(=O)Nc3c(Br)cc(Br)cc32)c(OC)c1OC. The van der Waals surface area contributed by atoms with Crippen molar-refractivity contribution >= 4 is 55.1 Å². The Morgan fingerprint density at radius 1 is 1.00 bits per heavy atom. The molecule has 0 saturated carbocycles. The van der Waals surface area contributed by atoms with Gasteiger partial charge in [0.05, 0.1) is 27.0 Å². The average molecular weight is 469 g/mol. The summed E-state index contributed by atoms with van der Waals surface area (Å²) in [7, 11) is 4.66. The predicted molar refractivity (Wildman–Crippen MR) is 104 cm³/mol. The second-order valence-electron chi connectivity index (χ2n) is 5.25. The van der Waals surface area contributed by atoms with E-state index in [0.29, 0.717) is 28.4 Å². The zero-order valence-electron chi connectivity index (χ0n) is 13.8. The standard InChI is InChI=1S/C18H15Br2NO4/c1-23-14-5-4-9(16(24-2)17(14)25-3)6-12-11-7-10(19)8-13(20)15(11)21-18(12)22/h4-8H,1-3H3,(H,21,22). The van der Waals surface area contributed by atoms with Crippen molar-refractivity contribution in [1.29, 1.82) is 0 Å². The first kappa shape index (κ1) is 17.8. The second-order valence-corrected chi connectivity index (χ2v) is 7.02. The molecule has 130 valence electrons. The van der Waals surface area contributed by atoms with Gasteiger partial charge in [-0.15, -0.1) is 0 Å². The number of ether oxygens (including phenoxy) is 3. The minimum atomic E-state index is -0.175. The molecule has 1 amide bonds. The minimum Gasteiger partial charge on any atom is -0.493 e. The van der Waals surface area contributed by atoms with Crippen molar-refractivity contribution in [3.05, 3.63) is 44.3 Å². The third kappa shape index (κ3) is 3.14. The van der Waals surface area contributed by atoms with Crippen molar-refractivity contribution in [3.63, 3.8) is 0 Å². The van der Waals surface area contributed by atoms with E-state index in [-0.39, 0.29) is 5.91 Å². The quantitative estimate of drug-likeness (QED) is 0.659. The molecule has 1 aliphatic rings. The summed E-state index contributed by atoms with van der Waals surface area (Å²) in [4.78, 5) is 12.5. The van der Waals surface area contributed by atoms with Gasteiger partial charge in [-0.05, 0) is 46.3 Å². The van der Waals surface area contributed by atoms with E-state index in [1.54, 1.807) is 33.5 Å². The van der Waals surface area contributed by atoms with Gasteiger partial charge in [-0.1, -0.05) is 15.9 Å². The van der Waals surface area contributed by atoms with Gasteiger partial charge >= 0.3 is 0 Å². The van der Waals surface area contributed by atoms with Crippen LogP contribution in [-0.4, -0.2) is 27.2 Å². The lowest BCUT2D eigenvalue weighted by molar-refractivity contribution is -0.110. The van der Waals surface area contributed by atoms with Gasteiger partial charge in [0, 0.05) is 25.6 Å². The number of carbonyl (C=O) groups is 1. The molecule has 7 heteroatoms. The molecule has 0 bridgehead atoms. The largest absolute Gasteiger partial charge is 0.493 e. The summed E-state index contributed by atoms with van der Waals surface area (Å²) < 4.78 is 17.9. The number of methoxy groups -OCH3 is 3. The maximum atomic E-state index is 12.5. The monoisotopic (exact) mass is 467 g/mol. The molecule has 0 radical (unpaired) electrons. The number of carbonyl (C=O) groups excluding carboxylic acids is 1. The lowest BCUT2D eigenvalue weighted by Crippen LogP contribution is -2.04. The van der Waals surface area contributed by atoms with Gasteiger partial charge in [0.25, 0.3) is 5.91 Å². The van der Waals surface area contributed by atoms with Gasteiger partial charge in [-0.25, -0.2) is 0 Å². The smallest absolute Gasteiger partial charge is 0.256 e. The van der Waals surface area contributed by atoms with Crippen LogP contribution < -0.4 is 19.5 Å². The molecule has 1 aliphatic heterocycles. The molecular weight excluding hydrogens is 454 g/mol. The summed E-state index contributed by atoms with van der Waals surface area (Å²) in [6, 6.07) is 7.39. The summed E-state index contributed by atoms with van der Waals surface area (Å²) in [6.07, 6.45) is 1.78. The Hall–Kier alpha value is -1.99. The van der Waals surface area contributed by atoms with E-state index in [1.165, 1.54) is 0 Å². The zero-order chi connectivity index (χ0) is 18.1. The first-order valence-corrected chi connectivity index (χ1v) is 8.90. The fourth-order valence-corrected chi connectivity index (χ4v) is 4.08. The van der Waals surface area contributed by atoms with Gasteiger partial charge in [0.1, 0.15) is 0 Å². The maximum absolute atomic E-state index is 12.5. The Labute approximate surface area is 162 Å². The van der Waals surface area contributed by atoms with Crippen LogP contribution in [0.4, 0.5) is 5.69 Å². The number of hydrogen-bond acceptors (Lipinski definition) is 4. The highest BCUT2D eigenvalue weighted by Gasteiger charge is 2.27. The molecule has 1 N–H and O–H groups in total. The molecule has 3 rings (SSSR count). The van der Waals surface area contributed by atoms with Crippen molar-refractivity contribution in [2.75, 3.05) is 26.6 Å². The average Bonchev–Trinajstić information content (AvgIpc) is 2.90. The fourth-order valence-electron chi connectivity index (χ4n) is 2.75. The van der Waals surface area contributed by atoms with Gasteiger partial charge in [-0.3, -0.25) is 4.79 Å². The van der Waals surface area contributed by atoms with Crippen LogP contribution in [0.5, 0.6) is 17.2 Å². The number of nitrogens with one attached hydrogen (secondary N) is 1. The Bertz CT molecular complexity index is 893. The summed E-state index contributed by atoms with van der Waals surface area (Å²) in [5.74, 6) is 1.37. The highest BCUT2D eigenvalue weighted by molar-refractivity contribution is 9.11. The molecular formula is C18H15Br2NO4. The highest BCUT2D eigenvalue weighted by atomic mass is 79.9. The van der Waals surface area contributed by atoms with E-state index < -0.39 is 0 Å². The predicted octanol–water partition coefficient (Wildman–Crippen LogP) is 4.73. The summed E-state index contributed by atoms with van der Waals surface area (Å²) in [5, 5.41) is 2.88. The number of rotatable bonds is 4. The van der Waals surface area contributed by atoms with Gasteiger partial charge in [-0.2, -0.15) is 0 Å². The van der Waals surface area contributed by atoms with Crippen LogP contribution in [0.1, 0.15) is 11.1 Å². The third-order valence-corrected chi connectivity index (χ3v) is 4.95. The number of fused-ring (bicyclic) bond motifs is 1. The molecule has 0 saturated heterocycles. The van der Waals surface area contributed by atoms with Crippen molar-refractivity contribution in [3.8, 4) is 17.2 Å². The van der Waals surface area contributed by atoms with Crippen LogP contribution in [0, 0.1) is 0 Å². The van der Waals surface area contributed by atoms with Gasteiger partial charge < -0.3 is 19.5 Å². The molecule has 1 heterocycles. The number of benzene rings is 2. The van der Waals surface area contributed by atoms with Crippen molar-refractivity contribution < 1.29 is 19.0 Å². The number of anilines is 1. The molecule has 0 spiro atoms. The molecule has 0 atom stereocenters. The molecule has 5 nitrogen and oxygen atoms in total. The first-order chi connectivity index (χ1) is 12.0. The molecule has 2 aromatic carbocycles. The summed E-state index contributed by atoms with van der Waals surface area (Å²) >= 11 is 6.94. The lowest BCUT2D eigenvalue weighted by atomic mass is 10.0. The molecule has 0 aromatic heterocycles. The number of halogens is 2. The maximum Gasteiger partial charge on any atom is 0.256 e. The van der Waals surface area contributed by atoms with E-state index in [0.717, 1.165) is 20.2 Å². The highest BCUT2D eigenvalue weighted by Crippen LogP contribution is 2.44. The van der Waals surface area contributed by atoms with Crippen LogP contribution in [0.2, 0.25) is 0 Å². The Kier molecular flexibility index (Phi) is 5.06. The van der Waals surface area contributed by atoms with Crippen molar-refractivity contribution in [1.82, 2.24) is 0 Å². The summed E-state index contributed by atoms with van der Waals surface area (Å²) in [6.45, 7) is 0. The van der Waals surface area contributed by atoms with Gasteiger partial charge in [0.2, 0.25) is 5.75 Å². The normalized spacial score (nSPS) is 14.3. The van der Waals surface area contributed by atoms with E-state index >= 15 is 0 Å². The number of hydrogen-bond donors (Lipinski definition) is 1. The molecule has 0 fully saturated rings. The van der Waals surface area contributed by atoms with Crippen LogP contribution in [0.25, 0.3) is 11.6 Å². The fraction of sp³-hybridized carbons (Fsp3) is 0.167. The molecule has 2 aromatic rings. The van der Waals surface area contributed by atoms with Crippen molar-refractivity contribution in [2.24, 2.45) is 0 Å². The van der Waals surface area contributed by atoms with Gasteiger partial charge in [0.15, 0.2) is 11.5 Å². The zero-order valence-corrected chi connectivity index (χ0v) is 16.9. The molecule has 25 heavy (non-hydrogen) atoms. The van der Waals surface area contributed by atoms with Crippen LogP contribution in [0.15, 0.2) is 33.2 Å². The van der Waals surface area contributed by atoms with Crippen LogP contribution >= 0.6 is 31.9 Å². The molecule has 0 aliphatic carbocycles. The Morgan fingerprint density at radius 3 is 2.36 bits per heavy atom. The minimum absolute atomic E-state index is 0.175. The lowest BCUT2D eigenvalue weighted by Gasteiger charge is -2.14.